The zero-order chi connectivity index (χ0) is 30.3. The van der Waals surface area contributed by atoms with Crippen molar-refractivity contribution in [2.45, 2.75) is 38.5 Å². The van der Waals surface area contributed by atoms with Gasteiger partial charge in [0.1, 0.15) is 0 Å². The van der Waals surface area contributed by atoms with Gasteiger partial charge in [-0.3, -0.25) is 19.1 Å². The highest BCUT2D eigenvalue weighted by atomic mass is 32.2. The molecule has 0 aliphatic carbocycles. The van der Waals surface area contributed by atoms with Gasteiger partial charge in [-0.15, -0.1) is 0 Å². The number of benzene rings is 3. The number of hydrogen-bond donors (Lipinski definition) is 3. The number of pyridine rings is 1. The quantitative estimate of drug-likeness (QED) is 0.207. The van der Waals surface area contributed by atoms with Crippen LogP contribution < -0.4 is 10.6 Å². The Balaban J connectivity index is 1.52. The molecular formula is C33H35N3O5S. The van der Waals surface area contributed by atoms with Crippen LogP contribution in [0.3, 0.4) is 0 Å². The minimum atomic E-state index is -4.16. The first-order valence-corrected chi connectivity index (χ1v) is 15.2. The van der Waals surface area contributed by atoms with Crippen LogP contribution >= 0.6 is 0 Å². The van der Waals surface area contributed by atoms with Crippen molar-refractivity contribution in [3.05, 3.63) is 120 Å². The van der Waals surface area contributed by atoms with Gasteiger partial charge in [0.25, 0.3) is 16.0 Å². The predicted octanol–water partition coefficient (Wildman–Crippen LogP) is 5.63. The average molecular weight is 586 g/mol. The van der Waals surface area contributed by atoms with Crippen molar-refractivity contribution in [3.63, 3.8) is 0 Å². The molecule has 0 aliphatic heterocycles. The second-order valence-corrected chi connectivity index (χ2v) is 12.7. The molecule has 3 N–H and O–H groups in total. The summed E-state index contributed by atoms with van der Waals surface area (Å²) in [6.07, 6.45) is 3.92. The van der Waals surface area contributed by atoms with Crippen LogP contribution in [0.4, 0.5) is 5.69 Å². The van der Waals surface area contributed by atoms with E-state index >= 15 is 0 Å². The molecular weight excluding hydrogens is 550 g/mol. The smallest absolute Gasteiger partial charge is 0.266 e. The molecule has 1 heterocycles. The first-order valence-electron chi connectivity index (χ1n) is 13.6. The van der Waals surface area contributed by atoms with E-state index in [2.05, 4.69) is 48.5 Å². The van der Waals surface area contributed by atoms with Crippen molar-refractivity contribution in [2.75, 3.05) is 17.6 Å². The number of hydrogen-bond acceptors (Lipinski definition) is 5. The van der Waals surface area contributed by atoms with Crippen molar-refractivity contribution in [3.8, 4) is 11.1 Å². The number of nitrogens with zero attached hydrogens (tertiary/aromatic N) is 1. The maximum atomic E-state index is 13.7. The van der Waals surface area contributed by atoms with E-state index in [-0.39, 0.29) is 17.9 Å². The van der Waals surface area contributed by atoms with Crippen LogP contribution in [-0.2, 0) is 26.7 Å². The summed E-state index contributed by atoms with van der Waals surface area (Å²) in [5.41, 5.74) is 5.89. The molecule has 4 aromatic rings. The summed E-state index contributed by atoms with van der Waals surface area (Å²) in [7, 11) is -4.16. The molecule has 0 spiro atoms. The molecule has 0 saturated heterocycles. The van der Waals surface area contributed by atoms with Gasteiger partial charge in [-0.2, -0.15) is 8.42 Å². The van der Waals surface area contributed by atoms with Gasteiger partial charge in [-0.1, -0.05) is 75.4 Å². The van der Waals surface area contributed by atoms with Gasteiger partial charge < -0.3 is 10.6 Å². The van der Waals surface area contributed by atoms with Gasteiger partial charge in [0.2, 0.25) is 5.91 Å². The fourth-order valence-corrected chi connectivity index (χ4v) is 4.87. The highest BCUT2D eigenvalue weighted by Crippen LogP contribution is 2.28. The van der Waals surface area contributed by atoms with Crippen LogP contribution in [0, 0.1) is 0 Å². The molecule has 8 nitrogen and oxygen atoms in total. The SMILES string of the molecule is CC(C)(C)c1ccc(C(Cc2ccc(C(=O)NCCS(=O)(=O)O)cc2)C(=O)Nc2ccc(-c3cccnc3)cc2)cc1. The topological polar surface area (TPSA) is 125 Å². The fourth-order valence-electron chi connectivity index (χ4n) is 4.51. The van der Waals surface area contributed by atoms with Crippen LogP contribution in [-0.4, -0.2) is 42.1 Å². The zero-order valence-corrected chi connectivity index (χ0v) is 24.7. The number of nitrogens with one attached hydrogen (secondary N) is 2. The lowest BCUT2D eigenvalue weighted by Gasteiger charge is -2.22. The summed E-state index contributed by atoms with van der Waals surface area (Å²) in [6, 6.07) is 26.4. The molecule has 2 amide bonds. The minimum Gasteiger partial charge on any atom is -0.351 e. The third-order valence-electron chi connectivity index (χ3n) is 6.94. The lowest BCUT2D eigenvalue weighted by Crippen LogP contribution is -2.28. The van der Waals surface area contributed by atoms with Crippen molar-refractivity contribution >= 4 is 27.6 Å². The number of anilines is 1. The standard InChI is InChI=1S/C33H35N3O5S/c1-33(2,3)28-14-10-25(11-15-28)30(21-23-6-8-26(9-7-23)31(37)35-19-20-42(39,40)41)32(38)36-29-16-12-24(13-17-29)27-5-4-18-34-22-27/h4-18,22,30H,19-21H2,1-3H3,(H,35,37)(H,36,38)(H,39,40,41). The largest absolute Gasteiger partial charge is 0.351 e. The molecule has 9 heteroatoms. The van der Waals surface area contributed by atoms with Crippen molar-refractivity contribution in [2.24, 2.45) is 0 Å². The van der Waals surface area contributed by atoms with Crippen LogP contribution in [0.5, 0.6) is 0 Å². The highest BCUT2D eigenvalue weighted by molar-refractivity contribution is 7.85. The molecule has 1 atom stereocenters. The average Bonchev–Trinajstić information content (AvgIpc) is 2.96. The molecule has 1 unspecified atom stereocenters. The second-order valence-electron chi connectivity index (χ2n) is 11.2. The normalized spacial score (nSPS) is 12.4. The van der Waals surface area contributed by atoms with E-state index in [0.29, 0.717) is 17.7 Å². The van der Waals surface area contributed by atoms with Gasteiger partial charge in [0.05, 0.1) is 11.7 Å². The Bertz CT molecular complexity index is 1610. The van der Waals surface area contributed by atoms with Gasteiger partial charge in [0, 0.05) is 30.2 Å². The Kier molecular flexibility index (Phi) is 9.55. The number of carbonyl (C=O) groups is 2. The molecule has 3 aromatic carbocycles. The molecule has 0 radical (unpaired) electrons. The molecule has 0 fully saturated rings. The first kappa shape index (κ1) is 30.6. The second kappa shape index (κ2) is 13.1. The summed E-state index contributed by atoms with van der Waals surface area (Å²) in [5, 5.41) is 5.53. The Morgan fingerprint density at radius 3 is 2.12 bits per heavy atom. The van der Waals surface area contributed by atoms with E-state index in [1.807, 2.05) is 48.5 Å². The number of aromatic nitrogens is 1. The van der Waals surface area contributed by atoms with Crippen LogP contribution in [0.2, 0.25) is 0 Å². The third-order valence-corrected chi connectivity index (χ3v) is 7.66. The Labute approximate surface area is 247 Å². The maximum absolute atomic E-state index is 13.7. The van der Waals surface area contributed by atoms with E-state index in [1.54, 1.807) is 36.7 Å². The molecule has 0 saturated carbocycles. The zero-order valence-electron chi connectivity index (χ0n) is 23.9. The van der Waals surface area contributed by atoms with Gasteiger partial charge in [-0.25, -0.2) is 0 Å². The van der Waals surface area contributed by atoms with Gasteiger partial charge in [0.15, 0.2) is 0 Å². The van der Waals surface area contributed by atoms with Gasteiger partial charge in [-0.05, 0) is 70.0 Å². The number of amides is 2. The monoisotopic (exact) mass is 585 g/mol. The van der Waals surface area contributed by atoms with Crippen LogP contribution in [0.15, 0.2) is 97.3 Å². The van der Waals surface area contributed by atoms with E-state index in [0.717, 1.165) is 22.3 Å². The molecule has 0 bridgehead atoms. The summed E-state index contributed by atoms with van der Waals surface area (Å²) in [4.78, 5) is 30.2. The Morgan fingerprint density at radius 1 is 0.881 bits per heavy atom. The van der Waals surface area contributed by atoms with E-state index < -0.39 is 27.7 Å². The van der Waals surface area contributed by atoms with Crippen molar-refractivity contribution < 1.29 is 22.6 Å². The first-order chi connectivity index (χ1) is 19.9. The predicted molar refractivity (Wildman–Crippen MR) is 165 cm³/mol. The van der Waals surface area contributed by atoms with Crippen molar-refractivity contribution in [1.82, 2.24) is 10.3 Å². The van der Waals surface area contributed by atoms with Crippen LogP contribution in [0.25, 0.3) is 11.1 Å². The van der Waals surface area contributed by atoms with E-state index in [1.165, 1.54) is 5.56 Å². The highest BCUT2D eigenvalue weighted by Gasteiger charge is 2.23. The number of carbonyl (C=O) groups excluding carboxylic acids is 2. The fraction of sp³-hybridized carbons (Fsp3) is 0.242. The number of rotatable bonds is 10. The van der Waals surface area contributed by atoms with Crippen LogP contribution in [0.1, 0.15) is 53.7 Å². The third kappa shape index (κ3) is 8.58. The Hall–Kier alpha value is -4.34. The molecule has 4 rings (SSSR count). The lowest BCUT2D eigenvalue weighted by atomic mass is 9.84. The van der Waals surface area contributed by atoms with E-state index in [4.69, 9.17) is 4.55 Å². The van der Waals surface area contributed by atoms with Gasteiger partial charge >= 0.3 is 0 Å². The molecule has 42 heavy (non-hydrogen) atoms. The molecule has 0 aliphatic rings. The summed E-state index contributed by atoms with van der Waals surface area (Å²) in [6.45, 7) is 6.22. The minimum absolute atomic E-state index is 0.0237. The summed E-state index contributed by atoms with van der Waals surface area (Å²) < 4.78 is 30.6. The Morgan fingerprint density at radius 2 is 1.55 bits per heavy atom. The van der Waals surface area contributed by atoms with Crippen molar-refractivity contribution in [1.29, 1.82) is 0 Å². The van der Waals surface area contributed by atoms with E-state index in [9.17, 15) is 18.0 Å². The lowest BCUT2D eigenvalue weighted by molar-refractivity contribution is -0.117. The maximum Gasteiger partial charge on any atom is 0.266 e. The summed E-state index contributed by atoms with van der Waals surface area (Å²) in [5.74, 6) is -1.66. The molecule has 218 valence electrons. The summed E-state index contributed by atoms with van der Waals surface area (Å²) >= 11 is 0. The molecule has 1 aromatic heterocycles.